The monoisotopic (exact) mass is 197 g/mol. The zero-order chi connectivity index (χ0) is 10.7. The van der Waals surface area contributed by atoms with Crippen LogP contribution in [0.2, 0.25) is 0 Å². The van der Waals surface area contributed by atoms with Gasteiger partial charge in [-0.05, 0) is 24.1 Å². The van der Waals surface area contributed by atoms with Gasteiger partial charge in [-0.1, -0.05) is 18.2 Å². The largest absolute Gasteiger partial charge is 0.283 e. The van der Waals surface area contributed by atoms with E-state index >= 15 is 0 Å². The van der Waals surface area contributed by atoms with Crippen LogP contribution in [0.3, 0.4) is 0 Å². The Morgan fingerprint density at radius 2 is 2.13 bits per heavy atom. The summed E-state index contributed by atoms with van der Waals surface area (Å²) in [5.41, 5.74) is 3.98. The van der Waals surface area contributed by atoms with Crippen molar-refractivity contribution >= 4 is 0 Å². The van der Waals surface area contributed by atoms with E-state index in [9.17, 15) is 0 Å². The van der Waals surface area contributed by atoms with E-state index in [0.29, 0.717) is 0 Å². The predicted molar refractivity (Wildman–Crippen MR) is 57.3 cm³/mol. The summed E-state index contributed by atoms with van der Waals surface area (Å²) in [6, 6.07) is 9.84. The number of aromatic nitrogens is 2. The van der Waals surface area contributed by atoms with Crippen molar-refractivity contribution in [2.24, 2.45) is 0 Å². The normalized spacial score (nSPS) is 9.87. The molecule has 0 spiro atoms. The lowest BCUT2D eigenvalue weighted by molar-refractivity contribution is 1.04. The van der Waals surface area contributed by atoms with Crippen molar-refractivity contribution in [2.45, 2.75) is 13.3 Å². The van der Waals surface area contributed by atoms with E-state index in [1.165, 1.54) is 0 Å². The second kappa shape index (κ2) is 3.97. The van der Waals surface area contributed by atoms with E-state index in [1.807, 2.05) is 37.4 Å². The Hall–Kier alpha value is -2.08. The molecule has 0 aliphatic carbocycles. The predicted octanol–water partition coefficient (Wildman–Crippen LogP) is 2.18. The minimum absolute atomic E-state index is 0.734. The van der Waals surface area contributed by atoms with E-state index < -0.39 is 0 Å². The van der Waals surface area contributed by atoms with Crippen molar-refractivity contribution < 1.29 is 0 Å². The second-order valence-corrected chi connectivity index (χ2v) is 3.47. The highest BCUT2D eigenvalue weighted by molar-refractivity contribution is 5.40. The number of nitrogens with zero attached hydrogens (tertiary/aromatic N) is 2. The van der Waals surface area contributed by atoms with Crippen molar-refractivity contribution in [3.8, 4) is 6.07 Å². The molecule has 0 fully saturated rings. The zero-order valence-electron chi connectivity index (χ0n) is 8.49. The second-order valence-electron chi connectivity index (χ2n) is 3.47. The molecule has 0 saturated carbocycles. The van der Waals surface area contributed by atoms with Gasteiger partial charge in [-0.3, -0.25) is 5.10 Å². The Bertz CT molecular complexity index is 506. The fourth-order valence-electron chi connectivity index (χ4n) is 1.54. The fourth-order valence-corrected chi connectivity index (χ4v) is 1.54. The highest BCUT2D eigenvalue weighted by atomic mass is 15.1. The van der Waals surface area contributed by atoms with Crippen LogP contribution < -0.4 is 0 Å². The third-order valence-electron chi connectivity index (χ3n) is 2.45. The quantitative estimate of drug-likeness (QED) is 0.802. The van der Waals surface area contributed by atoms with Crippen molar-refractivity contribution in [1.82, 2.24) is 10.2 Å². The summed E-state index contributed by atoms with van der Waals surface area (Å²) in [5, 5.41) is 15.8. The summed E-state index contributed by atoms with van der Waals surface area (Å²) in [4.78, 5) is 0. The van der Waals surface area contributed by atoms with Crippen LogP contribution in [-0.2, 0) is 6.42 Å². The van der Waals surface area contributed by atoms with Gasteiger partial charge in [-0.2, -0.15) is 10.4 Å². The van der Waals surface area contributed by atoms with Gasteiger partial charge in [0.15, 0.2) is 0 Å². The summed E-state index contributed by atoms with van der Waals surface area (Å²) >= 11 is 0. The summed E-state index contributed by atoms with van der Waals surface area (Å²) in [5.74, 6) is 0. The summed E-state index contributed by atoms with van der Waals surface area (Å²) in [6.07, 6.45) is 2.57. The van der Waals surface area contributed by atoms with Crippen LogP contribution in [0.25, 0.3) is 0 Å². The number of rotatable bonds is 2. The molecule has 0 aliphatic rings. The van der Waals surface area contributed by atoms with Crippen molar-refractivity contribution in [1.29, 1.82) is 5.26 Å². The van der Waals surface area contributed by atoms with Gasteiger partial charge < -0.3 is 0 Å². The Kier molecular flexibility index (Phi) is 2.51. The van der Waals surface area contributed by atoms with Crippen LogP contribution in [0.5, 0.6) is 0 Å². The molecule has 0 amide bonds. The maximum Gasteiger partial charge on any atom is 0.0994 e. The topological polar surface area (TPSA) is 52.5 Å². The molecule has 1 aromatic heterocycles. The third kappa shape index (κ3) is 1.89. The number of hydrogen-bond donors (Lipinski definition) is 1. The number of H-pyrrole nitrogens is 1. The van der Waals surface area contributed by atoms with Crippen LogP contribution >= 0.6 is 0 Å². The summed E-state index contributed by atoms with van der Waals surface area (Å²) in [6.45, 7) is 1.98. The first-order chi connectivity index (χ1) is 7.31. The molecule has 74 valence electrons. The van der Waals surface area contributed by atoms with Crippen molar-refractivity contribution in [3.05, 3.63) is 52.8 Å². The minimum Gasteiger partial charge on any atom is -0.283 e. The lowest BCUT2D eigenvalue weighted by Gasteiger charge is -2.02. The van der Waals surface area contributed by atoms with Gasteiger partial charge >= 0.3 is 0 Å². The SMILES string of the molecule is Cc1[nH]ncc1Cc1ccccc1C#N. The average molecular weight is 197 g/mol. The van der Waals surface area contributed by atoms with Gasteiger partial charge in [0.25, 0.3) is 0 Å². The van der Waals surface area contributed by atoms with E-state index in [-0.39, 0.29) is 0 Å². The Morgan fingerprint density at radius 1 is 1.33 bits per heavy atom. The Balaban J connectivity index is 2.33. The van der Waals surface area contributed by atoms with Gasteiger partial charge in [0, 0.05) is 12.1 Å². The van der Waals surface area contributed by atoms with E-state index in [0.717, 1.165) is 28.8 Å². The molecule has 0 aliphatic heterocycles. The van der Waals surface area contributed by atoms with E-state index in [2.05, 4.69) is 16.3 Å². The van der Waals surface area contributed by atoms with Crippen LogP contribution in [0.1, 0.15) is 22.4 Å². The Labute approximate surface area is 88.4 Å². The van der Waals surface area contributed by atoms with Gasteiger partial charge in [0.1, 0.15) is 0 Å². The smallest absolute Gasteiger partial charge is 0.0994 e. The van der Waals surface area contributed by atoms with Gasteiger partial charge in [0.2, 0.25) is 0 Å². The molecular weight excluding hydrogens is 186 g/mol. The molecule has 15 heavy (non-hydrogen) atoms. The minimum atomic E-state index is 0.734. The molecule has 2 rings (SSSR count). The highest BCUT2D eigenvalue weighted by Crippen LogP contribution is 2.14. The molecule has 0 saturated heterocycles. The number of nitriles is 1. The number of hydrogen-bond acceptors (Lipinski definition) is 2. The number of nitrogens with one attached hydrogen (secondary N) is 1. The first-order valence-corrected chi connectivity index (χ1v) is 4.78. The van der Waals surface area contributed by atoms with Crippen LogP contribution in [0.15, 0.2) is 30.5 Å². The zero-order valence-corrected chi connectivity index (χ0v) is 8.49. The van der Waals surface area contributed by atoms with Crippen molar-refractivity contribution in [3.63, 3.8) is 0 Å². The molecule has 0 radical (unpaired) electrons. The van der Waals surface area contributed by atoms with E-state index in [4.69, 9.17) is 5.26 Å². The lowest BCUT2D eigenvalue weighted by Crippen LogP contribution is -1.92. The molecule has 0 atom stereocenters. The van der Waals surface area contributed by atoms with Crippen LogP contribution in [0, 0.1) is 18.3 Å². The van der Waals surface area contributed by atoms with Crippen molar-refractivity contribution in [2.75, 3.05) is 0 Å². The molecule has 3 heteroatoms. The maximum atomic E-state index is 8.94. The molecule has 3 nitrogen and oxygen atoms in total. The van der Waals surface area contributed by atoms with Crippen LogP contribution in [-0.4, -0.2) is 10.2 Å². The molecule has 0 bridgehead atoms. The highest BCUT2D eigenvalue weighted by Gasteiger charge is 2.05. The number of benzene rings is 1. The maximum absolute atomic E-state index is 8.94. The van der Waals surface area contributed by atoms with Gasteiger partial charge in [0.05, 0.1) is 17.8 Å². The van der Waals surface area contributed by atoms with Gasteiger partial charge in [-0.15, -0.1) is 0 Å². The lowest BCUT2D eigenvalue weighted by atomic mass is 10.0. The third-order valence-corrected chi connectivity index (χ3v) is 2.45. The summed E-state index contributed by atoms with van der Waals surface area (Å²) in [7, 11) is 0. The molecule has 2 aromatic rings. The fraction of sp³-hybridized carbons (Fsp3) is 0.167. The van der Waals surface area contributed by atoms with Crippen LogP contribution in [0.4, 0.5) is 0 Å². The Morgan fingerprint density at radius 3 is 2.80 bits per heavy atom. The van der Waals surface area contributed by atoms with Gasteiger partial charge in [-0.25, -0.2) is 0 Å². The molecule has 1 aromatic carbocycles. The number of aryl methyl sites for hydroxylation is 1. The first-order valence-electron chi connectivity index (χ1n) is 4.78. The molecular formula is C12H11N3. The average Bonchev–Trinajstić information content (AvgIpc) is 2.65. The summed E-state index contributed by atoms with van der Waals surface area (Å²) < 4.78 is 0. The number of aromatic amines is 1. The standard InChI is InChI=1S/C12H11N3/c1-9-12(8-14-15-9)6-10-4-2-3-5-11(10)7-13/h2-5,8H,6H2,1H3,(H,14,15). The molecule has 1 N–H and O–H groups in total. The molecule has 1 heterocycles. The first kappa shape index (κ1) is 9.47. The van der Waals surface area contributed by atoms with E-state index in [1.54, 1.807) is 0 Å². The molecule has 0 unspecified atom stereocenters.